The van der Waals surface area contributed by atoms with Crippen LogP contribution < -0.4 is 5.48 Å². The van der Waals surface area contributed by atoms with Gasteiger partial charge in [0, 0.05) is 23.2 Å². The van der Waals surface area contributed by atoms with Crippen molar-refractivity contribution in [1.29, 1.82) is 0 Å². The van der Waals surface area contributed by atoms with Crippen molar-refractivity contribution in [3.8, 4) is 0 Å². The fourth-order valence-electron chi connectivity index (χ4n) is 1.98. The highest BCUT2D eigenvalue weighted by Gasteiger charge is 2.25. The monoisotopic (exact) mass is 402 g/mol. The highest BCUT2D eigenvalue weighted by molar-refractivity contribution is 14.1. The SMILES string of the molecule is CC(=O)NO/N=C(\Cc1cc(C)cc(C)c1)C(C)(C)CI. The molecule has 0 unspecified atom stereocenters. The number of halogens is 1. The van der Waals surface area contributed by atoms with E-state index < -0.39 is 0 Å². The average Bonchev–Trinajstić information content (AvgIpc) is 2.36. The third-order valence-electron chi connectivity index (χ3n) is 3.11. The van der Waals surface area contributed by atoms with Gasteiger partial charge >= 0.3 is 0 Å². The van der Waals surface area contributed by atoms with Crippen molar-refractivity contribution < 1.29 is 9.73 Å². The van der Waals surface area contributed by atoms with E-state index in [0.29, 0.717) is 6.42 Å². The van der Waals surface area contributed by atoms with E-state index in [4.69, 9.17) is 4.94 Å². The number of amides is 1. The standard InChI is InChI=1S/C16H23IN2O2/c1-11-6-12(2)8-14(7-11)9-15(16(4,5)10-17)19-21-18-13(3)20/h6-8H,9-10H2,1-5H3,(H,18,20)/b19-15+. The van der Waals surface area contributed by atoms with Gasteiger partial charge in [-0.1, -0.05) is 70.9 Å². The first kappa shape index (κ1) is 17.9. The lowest BCUT2D eigenvalue weighted by atomic mass is 9.86. The number of rotatable bonds is 6. The van der Waals surface area contributed by atoms with Crippen LogP contribution in [0.3, 0.4) is 0 Å². The van der Waals surface area contributed by atoms with Gasteiger partial charge in [-0.25, -0.2) is 0 Å². The molecule has 1 rings (SSSR count). The summed E-state index contributed by atoms with van der Waals surface area (Å²) in [5.74, 6) is -0.267. The molecule has 0 aromatic heterocycles. The maximum atomic E-state index is 10.9. The van der Waals surface area contributed by atoms with Gasteiger partial charge in [0.15, 0.2) is 0 Å². The van der Waals surface area contributed by atoms with Crippen molar-refractivity contribution in [2.45, 2.75) is 41.0 Å². The van der Waals surface area contributed by atoms with Crippen LogP contribution >= 0.6 is 22.6 Å². The molecule has 1 amide bonds. The zero-order valence-corrected chi connectivity index (χ0v) is 15.4. The molecule has 0 fully saturated rings. The Kier molecular flexibility index (Phi) is 6.64. The van der Waals surface area contributed by atoms with Crippen LogP contribution in [0.25, 0.3) is 0 Å². The third kappa shape index (κ3) is 6.03. The molecule has 0 bridgehead atoms. The minimum Gasteiger partial charge on any atom is -0.272 e. The summed E-state index contributed by atoms with van der Waals surface area (Å²) in [6.07, 6.45) is 0.706. The number of aryl methyl sites for hydroxylation is 2. The molecule has 0 saturated heterocycles. The van der Waals surface area contributed by atoms with Crippen LogP contribution in [0, 0.1) is 19.3 Å². The van der Waals surface area contributed by atoms with Gasteiger partial charge in [-0.05, 0) is 19.4 Å². The second-order valence-electron chi connectivity index (χ2n) is 5.98. The lowest BCUT2D eigenvalue weighted by Crippen LogP contribution is -2.29. The molecular weight excluding hydrogens is 379 g/mol. The van der Waals surface area contributed by atoms with Gasteiger partial charge in [0.05, 0.1) is 5.71 Å². The smallest absolute Gasteiger partial charge is 0.251 e. The van der Waals surface area contributed by atoms with E-state index >= 15 is 0 Å². The summed E-state index contributed by atoms with van der Waals surface area (Å²) in [4.78, 5) is 15.8. The predicted octanol–water partition coefficient (Wildman–Crippen LogP) is 3.73. The lowest BCUT2D eigenvalue weighted by Gasteiger charge is -2.23. The molecular formula is C16H23IN2O2. The first-order valence-electron chi connectivity index (χ1n) is 6.87. The Morgan fingerprint density at radius 1 is 1.29 bits per heavy atom. The van der Waals surface area contributed by atoms with Crippen LogP contribution in [0.2, 0.25) is 0 Å². The quantitative estimate of drug-likeness (QED) is 0.341. The van der Waals surface area contributed by atoms with Gasteiger partial charge in [0.25, 0.3) is 5.91 Å². The molecule has 4 nitrogen and oxygen atoms in total. The fraction of sp³-hybridized carbons (Fsp3) is 0.500. The molecule has 1 aromatic carbocycles. The van der Waals surface area contributed by atoms with Gasteiger partial charge in [0.1, 0.15) is 0 Å². The molecule has 0 radical (unpaired) electrons. The van der Waals surface area contributed by atoms with Crippen LogP contribution in [0.1, 0.15) is 37.5 Å². The fourth-order valence-corrected chi connectivity index (χ4v) is 2.42. The van der Waals surface area contributed by atoms with Crippen LogP contribution in [0.5, 0.6) is 0 Å². The zero-order chi connectivity index (χ0) is 16.0. The Hall–Kier alpha value is -1.11. The number of hydrogen-bond acceptors (Lipinski definition) is 3. The van der Waals surface area contributed by atoms with Crippen LogP contribution in [0.4, 0.5) is 0 Å². The van der Waals surface area contributed by atoms with E-state index in [2.05, 4.69) is 79.1 Å². The van der Waals surface area contributed by atoms with E-state index in [-0.39, 0.29) is 11.3 Å². The number of nitrogens with one attached hydrogen (secondary N) is 1. The minimum absolute atomic E-state index is 0.101. The third-order valence-corrected chi connectivity index (χ3v) is 5.02. The number of hydrogen-bond donors (Lipinski definition) is 1. The van der Waals surface area contributed by atoms with Crippen molar-refractivity contribution in [3.63, 3.8) is 0 Å². The molecule has 0 saturated carbocycles. The van der Waals surface area contributed by atoms with Gasteiger partial charge in [-0.3, -0.25) is 9.73 Å². The highest BCUT2D eigenvalue weighted by atomic mass is 127. The van der Waals surface area contributed by atoms with Gasteiger partial charge in [-0.15, -0.1) is 0 Å². The summed E-state index contributed by atoms with van der Waals surface area (Å²) in [5, 5.41) is 4.14. The minimum atomic E-state index is -0.267. The van der Waals surface area contributed by atoms with Crippen molar-refractivity contribution in [2.75, 3.05) is 4.43 Å². The molecule has 0 aliphatic carbocycles. The molecule has 5 heteroatoms. The molecule has 0 atom stereocenters. The van der Waals surface area contributed by atoms with Gasteiger partial charge < -0.3 is 0 Å². The summed E-state index contributed by atoms with van der Waals surface area (Å²) in [6, 6.07) is 6.46. The van der Waals surface area contributed by atoms with Crippen LogP contribution in [-0.4, -0.2) is 16.0 Å². The zero-order valence-electron chi connectivity index (χ0n) is 13.3. The van der Waals surface area contributed by atoms with Crippen LogP contribution in [0.15, 0.2) is 23.4 Å². The highest BCUT2D eigenvalue weighted by Crippen LogP contribution is 2.24. The predicted molar refractivity (Wildman–Crippen MR) is 94.6 cm³/mol. The van der Waals surface area contributed by atoms with Crippen LogP contribution in [-0.2, 0) is 16.2 Å². The van der Waals surface area contributed by atoms with E-state index in [1.54, 1.807) is 0 Å². The molecule has 1 N–H and O–H groups in total. The topological polar surface area (TPSA) is 50.7 Å². The lowest BCUT2D eigenvalue weighted by molar-refractivity contribution is -0.131. The summed E-state index contributed by atoms with van der Waals surface area (Å²) in [5.41, 5.74) is 6.74. The number of hydroxylamine groups is 1. The molecule has 0 aliphatic heterocycles. The average molecular weight is 402 g/mol. The van der Waals surface area contributed by atoms with E-state index in [1.807, 2.05) is 0 Å². The van der Waals surface area contributed by atoms with Crippen molar-refractivity contribution in [1.82, 2.24) is 5.48 Å². The van der Waals surface area contributed by atoms with Crippen molar-refractivity contribution >= 4 is 34.2 Å². The number of alkyl halides is 1. The number of benzene rings is 1. The summed E-state index contributed by atoms with van der Waals surface area (Å²) < 4.78 is 0.915. The number of carbonyl (C=O) groups is 1. The maximum Gasteiger partial charge on any atom is 0.251 e. The molecule has 0 spiro atoms. The largest absolute Gasteiger partial charge is 0.272 e. The van der Waals surface area contributed by atoms with E-state index in [9.17, 15) is 4.79 Å². The van der Waals surface area contributed by atoms with E-state index in [0.717, 1.165) is 10.1 Å². The Morgan fingerprint density at radius 2 is 1.86 bits per heavy atom. The normalized spacial score (nSPS) is 12.2. The maximum absolute atomic E-state index is 10.9. The molecule has 116 valence electrons. The first-order valence-corrected chi connectivity index (χ1v) is 8.40. The Bertz CT molecular complexity index is 519. The van der Waals surface area contributed by atoms with Gasteiger partial charge in [0.2, 0.25) is 0 Å². The Labute approximate surface area is 140 Å². The van der Waals surface area contributed by atoms with Gasteiger partial charge in [-0.2, -0.15) is 5.48 Å². The van der Waals surface area contributed by atoms with Crippen molar-refractivity contribution in [2.24, 2.45) is 10.6 Å². The molecule has 0 heterocycles. The molecule has 21 heavy (non-hydrogen) atoms. The Balaban J connectivity index is 2.99. The molecule has 1 aromatic rings. The second kappa shape index (κ2) is 7.77. The molecule has 0 aliphatic rings. The number of oxime groups is 1. The van der Waals surface area contributed by atoms with Crippen molar-refractivity contribution in [3.05, 3.63) is 34.9 Å². The number of nitrogens with zero attached hydrogens (tertiary/aromatic N) is 1. The summed E-state index contributed by atoms with van der Waals surface area (Å²) in [6.45, 7) is 9.81. The van der Waals surface area contributed by atoms with E-state index in [1.165, 1.54) is 23.6 Å². The Morgan fingerprint density at radius 3 is 2.33 bits per heavy atom. The summed E-state index contributed by atoms with van der Waals surface area (Å²) >= 11 is 2.34. The first-order chi connectivity index (χ1) is 9.74. The second-order valence-corrected chi connectivity index (χ2v) is 6.74. The summed E-state index contributed by atoms with van der Waals surface area (Å²) in [7, 11) is 0. The number of carbonyl (C=O) groups excluding carboxylic acids is 1.